The zero-order valence-electron chi connectivity index (χ0n) is 17.8. The molecule has 1 aromatic carbocycles. The third-order valence-electron chi connectivity index (χ3n) is 5.22. The summed E-state index contributed by atoms with van der Waals surface area (Å²) < 4.78 is 30.3. The normalized spacial score (nSPS) is 15.8. The molecule has 0 radical (unpaired) electrons. The van der Waals surface area contributed by atoms with E-state index in [0.29, 0.717) is 52.0 Å². The van der Waals surface area contributed by atoms with E-state index in [4.69, 9.17) is 11.6 Å². The largest absolute Gasteiger partial charge is 0.439 e. The molecule has 0 saturated heterocycles. The van der Waals surface area contributed by atoms with Gasteiger partial charge in [-0.1, -0.05) is 53.7 Å². The first-order chi connectivity index (χ1) is 15.8. The molecule has 0 saturated carbocycles. The molecule has 33 heavy (non-hydrogen) atoms. The minimum Gasteiger partial charge on any atom is -0.296 e. The van der Waals surface area contributed by atoms with Crippen LogP contribution in [-0.4, -0.2) is 34.3 Å². The summed E-state index contributed by atoms with van der Waals surface area (Å²) >= 11 is 6.14. The van der Waals surface area contributed by atoms with Gasteiger partial charge in [-0.3, -0.25) is 9.51 Å². The number of rotatable bonds is 6. The fourth-order valence-electron chi connectivity index (χ4n) is 3.59. The Morgan fingerprint density at radius 3 is 2.82 bits per heavy atom. The van der Waals surface area contributed by atoms with Gasteiger partial charge in [-0.2, -0.15) is 0 Å². The summed E-state index contributed by atoms with van der Waals surface area (Å²) in [5, 5.41) is 4.20. The van der Waals surface area contributed by atoms with Crippen molar-refractivity contribution in [2.45, 2.75) is 31.1 Å². The van der Waals surface area contributed by atoms with Crippen LogP contribution in [0.3, 0.4) is 0 Å². The fourth-order valence-corrected chi connectivity index (χ4v) is 5.49. The lowest BCUT2D eigenvalue weighted by Gasteiger charge is -2.20. The summed E-state index contributed by atoms with van der Waals surface area (Å²) in [4.78, 5) is 23.1. The van der Waals surface area contributed by atoms with E-state index < -0.39 is 15.6 Å². The maximum Gasteiger partial charge on any atom is 0.439 e. The van der Waals surface area contributed by atoms with Crippen LogP contribution in [0.15, 0.2) is 68.9 Å². The number of allylic oxidation sites excluding steroid dienone is 5. The summed E-state index contributed by atoms with van der Waals surface area (Å²) in [6.07, 6.45) is 6.47. The van der Waals surface area contributed by atoms with Crippen molar-refractivity contribution >= 4 is 27.0 Å². The third-order valence-corrected chi connectivity index (χ3v) is 7.38. The molecule has 0 unspecified atom stereocenters. The van der Waals surface area contributed by atoms with Gasteiger partial charge in [0.15, 0.2) is 21.5 Å². The molecule has 3 aromatic rings. The number of aryl methyl sites for hydroxylation is 1. The summed E-state index contributed by atoms with van der Waals surface area (Å²) in [7, 11) is -3.50. The molecule has 0 amide bonds. The predicted molar refractivity (Wildman–Crippen MR) is 126 cm³/mol. The molecule has 8 nitrogen and oxygen atoms in total. The molecule has 0 fully saturated rings. The molecule has 10 heteroatoms. The van der Waals surface area contributed by atoms with Crippen LogP contribution >= 0.6 is 11.6 Å². The van der Waals surface area contributed by atoms with Crippen LogP contribution in [0.4, 0.5) is 0 Å². The van der Waals surface area contributed by atoms with Gasteiger partial charge in [0.2, 0.25) is 0 Å². The smallest absolute Gasteiger partial charge is 0.296 e. The van der Waals surface area contributed by atoms with Crippen LogP contribution in [-0.2, 0) is 22.7 Å². The Morgan fingerprint density at radius 2 is 2.12 bits per heavy atom. The lowest BCUT2D eigenvalue weighted by molar-refractivity contribution is 0.385. The van der Waals surface area contributed by atoms with Crippen molar-refractivity contribution in [3.05, 3.63) is 87.4 Å². The topological polar surface area (TPSA) is 119 Å². The van der Waals surface area contributed by atoms with Crippen LogP contribution in [0.5, 0.6) is 0 Å². The molecule has 2 aromatic heterocycles. The number of hydrogen-bond donors (Lipinski definition) is 1. The van der Waals surface area contributed by atoms with E-state index in [0.717, 1.165) is 5.57 Å². The van der Waals surface area contributed by atoms with Gasteiger partial charge in [-0.15, -0.1) is 0 Å². The molecule has 0 aliphatic carbocycles. The highest BCUT2D eigenvalue weighted by atomic mass is 35.5. The van der Waals surface area contributed by atoms with Gasteiger partial charge < -0.3 is 0 Å². The van der Waals surface area contributed by atoms with Gasteiger partial charge in [0, 0.05) is 17.0 Å². The van der Waals surface area contributed by atoms with Gasteiger partial charge >= 0.3 is 5.76 Å². The molecule has 0 spiro atoms. The molecule has 0 bridgehead atoms. The zero-order valence-corrected chi connectivity index (χ0v) is 19.4. The Kier molecular flexibility index (Phi) is 6.44. The highest BCUT2D eigenvalue weighted by molar-refractivity contribution is 7.91. The first-order valence-electron chi connectivity index (χ1n) is 10.2. The fraction of sp³-hybridized carbons (Fsp3) is 0.217. The van der Waals surface area contributed by atoms with Gasteiger partial charge in [0.1, 0.15) is 4.90 Å². The Hall–Kier alpha value is -3.30. The van der Waals surface area contributed by atoms with Crippen LogP contribution in [0, 0.1) is 0 Å². The number of H-pyrrole nitrogens is 1. The number of benzene rings is 1. The highest BCUT2D eigenvalue weighted by Crippen LogP contribution is 2.31. The van der Waals surface area contributed by atoms with E-state index in [1.807, 2.05) is 6.07 Å². The van der Waals surface area contributed by atoms with E-state index in [-0.39, 0.29) is 17.1 Å². The molecule has 1 aliphatic heterocycles. The first-order valence-corrected chi connectivity index (χ1v) is 12.2. The standard InChI is InChI=1S/C23H21ClN4O4S/c1-3-15(10-9-14(2)21-27-23(29)32-28-21)12-19-20-18(8-5-11-33(20,30)31)25-22(26-19)16-6-4-7-17(24)13-16/h3-4,6-7,9-10,13H,1,5,8,11-12H2,2H3,(H,27,28,29)/b14-9+,15-10+. The monoisotopic (exact) mass is 484 g/mol. The minimum absolute atomic E-state index is 0.0680. The van der Waals surface area contributed by atoms with Crippen molar-refractivity contribution in [3.8, 4) is 11.4 Å². The molecule has 1 aliphatic rings. The van der Waals surface area contributed by atoms with E-state index in [1.54, 1.807) is 43.4 Å². The quantitative estimate of drug-likeness (QED) is 0.526. The number of hydrogen-bond acceptors (Lipinski definition) is 7. The van der Waals surface area contributed by atoms with Gasteiger partial charge in [-0.25, -0.2) is 23.2 Å². The Labute approximate surface area is 195 Å². The maximum absolute atomic E-state index is 12.9. The van der Waals surface area contributed by atoms with Crippen molar-refractivity contribution in [1.29, 1.82) is 0 Å². The lowest BCUT2D eigenvalue weighted by Crippen LogP contribution is -2.21. The van der Waals surface area contributed by atoms with Gasteiger partial charge in [-0.05, 0) is 43.0 Å². The maximum atomic E-state index is 12.9. The Balaban J connectivity index is 1.78. The molecular weight excluding hydrogens is 464 g/mol. The van der Waals surface area contributed by atoms with E-state index in [2.05, 4.69) is 31.2 Å². The summed E-state index contributed by atoms with van der Waals surface area (Å²) in [6.45, 7) is 5.62. The van der Waals surface area contributed by atoms with Gasteiger partial charge in [0.05, 0.1) is 17.1 Å². The number of aromatic amines is 1. The minimum atomic E-state index is -3.50. The molecule has 170 valence electrons. The van der Waals surface area contributed by atoms with Crippen LogP contribution in [0.25, 0.3) is 17.0 Å². The summed E-state index contributed by atoms with van der Waals surface area (Å²) in [5.74, 6) is 0.166. The van der Waals surface area contributed by atoms with E-state index in [1.165, 1.54) is 0 Å². The first kappa shape index (κ1) is 22.9. The second-order valence-electron chi connectivity index (χ2n) is 7.62. The lowest BCUT2D eigenvalue weighted by atomic mass is 10.1. The SMILES string of the molecule is C=C/C(=C\C=C(/C)c1noc(=O)[nH]1)Cc1nc(-c2cccc(Cl)c2)nc2c1S(=O)(=O)CCC2. The van der Waals surface area contributed by atoms with Crippen molar-refractivity contribution < 1.29 is 12.9 Å². The molecule has 3 heterocycles. The average molecular weight is 485 g/mol. The van der Waals surface area contributed by atoms with E-state index in [9.17, 15) is 13.2 Å². The number of aromatic nitrogens is 4. The highest BCUT2D eigenvalue weighted by Gasteiger charge is 2.30. The van der Waals surface area contributed by atoms with Crippen LogP contribution in [0.1, 0.15) is 30.6 Å². The Morgan fingerprint density at radius 1 is 1.30 bits per heavy atom. The second kappa shape index (κ2) is 9.29. The summed E-state index contributed by atoms with van der Waals surface area (Å²) in [5.41, 5.74) is 3.05. The predicted octanol–water partition coefficient (Wildman–Crippen LogP) is 3.95. The van der Waals surface area contributed by atoms with Crippen LogP contribution < -0.4 is 5.76 Å². The van der Waals surface area contributed by atoms with Crippen molar-refractivity contribution in [3.63, 3.8) is 0 Å². The van der Waals surface area contributed by atoms with Crippen molar-refractivity contribution in [2.75, 3.05) is 5.75 Å². The second-order valence-corrected chi connectivity index (χ2v) is 10.1. The average Bonchev–Trinajstić information content (AvgIpc) is 3.22. The number of nitrogens with one attached hydrogen (secondary N) is 1. The molecular formula is C23H21ClN4O4S. The number of nitrogens with zero attached hydrogens (tertiary/aromatic N) is 3. The van der Waals surface area contributed by atoms with E-state index >= 15 is 0 Å². The van der Waals surface area contributed by atoms with Crippen molar-refractivity contribution in [2.24, 2.45) is 0 Å². The number of halogens is 1. The molecule has 1 N–H and O–H groups in total. The Bertz CT molecular complexity index is 1450. The van der Waals surface area contributed by atoms with Gasteiger partial charge in [0.25, 0.3) is 0 Å². The third kappa shape index (κ3) is 5.04. The molecule has 0 atom stereocenters. The van der Waals surface area contributed by atoms with Crippen LogP contribution in [0.2, 0.25) is 5.02 Å². The molecule has 4 rings (SSSR count). The van der Waals surface area contributed by atoms with Crippen molar-refractivity contribution in [1.82, 2.24) is 20.1 Å². The number of sulfone groups is 1. The zero-order chi connectivity index (χ0) is 23.6. The summed E-state index contributed by atoms with van der Waals surface area (Å²) in [6, 6.07) is 7.14. The number of fused-ring (bicyclic) bond motifs is 1.